The van der Waals surface area contributed by atoms with Crippen LogP contribution in [0.25, 0.3) is 17.2 Å². The molecule has 8 rings (SSSR count). The highest BCUT2D eigenvalue weighted by atomic mass is 32.1. The number of carbonyl (C=O) groups excluding carboxylic acids is 1. The Morgan fingerprint density at radius 2 is 1.97 bits per heavy atom. The molecule has 0 spiro atoms. The summed E-state index contributed by atoms with van der Waals surface area (Å²) in [6.07, 6.45) is 10.4. The number of thiophene rings is 1. The number of amides is 1. The third-order valence-electron chi connectivity index (χ3n) is 8.70. The molecule has 2 N–H and O–H groups in total. The zero-order chi connectivity index (χ0) is 23.9. The second kappa shape index (κ2) is 7.71. The summed E-state index contributed by atoms with van der Waals surface area (Å²) < 4.78 is 1.78. The molecule has 3 aromatic heterocycles. The van der Waals surface area contributed by atoms with Gasteiger partial charge in [0.15, 0.2) is 0 Å². The lowest BCUT2D eigenvalue weighted by Gasteiger charge is -2.58. The van der Waals surface area contributed by atoms with E-state index in [-0.39, 0.29) is 11.9 Å². The molecule has 0 unspecified atom stereocenters. The van der Waals surface area contributed by atoms with E-state index in [0.717, 1.165) is 61.9 Å². The number of aromatic nitrogens is 4. The maximum atomic E-state index is 13.6. The molecule has 2 atom stereocenters. The number of carbonyl (C=O) groups is 1. The molecular weight excluding hydrogens is 458 g/mol. The van der Waals surface area contributed by atoms with Gasteiger partial charge < -0.3 is 10.4 Å². The Hall–Kier alpha value is -2.58. The maximum absolute atomic E-state index is 13.6. The quantitative estimate of drug-likeness (QED) is 0.548. The van der Waals surface area contributed by atoms with Gasteiger partial charge in [0.2, 0.25) is 0 Å². The summed E-state index contributed by atoms with van der Waals surface area (Å²) in [6, 6.07) is 4.25. The van der Waals surface area contributed by atoms with Gasteiger partial charge in [-0.05, 0) is 88.7 Å². The fourth-order valence-corrected chi connectivity index (χ4v) is 8.31. The molecule has 3 aromatic rings. The van der Waals surface area contributed by atoms with Crippen molar-refractivity contribution in [3.63, 3.8) is 0 Å². The van der Waals surface area contributed by atoms with Crippen LogP contribution in [-0.4, -0.2) is 42.4 Å². The zero-order valence-electron chi connectivity index (χ0n) is 20.2. The van der Waals surface area contributed by atoms with E-state index in [1.54, 1.807) is 28.4 Å². The Balaban J connectivity index is 1.19. The van der Waals surface area contributed by atoms with Gasteiger partial charge in [0.1, 0.15) is 0 Å². The predicted octanol–water partition coefficient (Wildman–Crippen LogP) is 4.55. The number of nitrogens with zero attached hydrogens (tertiary/aromatic N) is 4. The van der Waals surface area contributed by atoms with Crippen molar-refractivity contribution >= 4 is 17.2 Å². The van der Waals surface area contributed by atoms with E-state index in [9.17, 15) is 9.90 Å². The van der Waals surface area contributed by atoms with E-state index in [0.29, 0.717) is 35.2 Å². The summed E-state index contributed by atoms with van der Waals surface area (Å²) in [4.78, 5) is 25.5. The highest BCUT2D eigenvalue weighted by Gasteiger charge is 2.55. The minimum absolute atomic E-state index is 0.0388. The Morgan fingerprint density at radius 3 is 2.63 bits per heavy atom. The molecule has 5 fully saturated rings. The Labute approximate surface area is 209 Å². The van der Waals surface area contributed by atoms with Gasteiger partial charge in [-0.1, -0.05) is 0 Å². The molecular formula is C27H31N5O2S. The molecule has 182 valence electrons. The molecule has 0 saturated heterocycles. The highest BCUT2D eigenvalue weighted by Crippen LogP contribution is 2.55. The van der Waals surface area contributed by atoms with Gasteiger partial charge in [0.05, 0.1) is 28.7 Å². The lowest BCUT2D eigenvalue weighted by Crippen LogP contribution is -2.61. The number of rotatable bonds is 5. The van der Waals surface area contributed by atoms with Crippen molar-refractivity contribution in [1.82, 2.24) is 25.1 Å². The molecule has 4 bridgehead atoms. The van der Waals surface area contributed by atoms with Gasteiger partial charge in [-0.2, -0.15) is 5.10 Å². The molecule has 35 heavy (non-hydrogen) atoms. The third kappa shape index (κ3) is 3.64. The van der Waals surface area contributed by atoms with Gasteiger partial charge in [-0.15, -0.1) is 11.3 Å². The normalized spacial score (nSPS) is 31.2. The maximum Gasteiger partial charge on any atom is 0.255 e. The van der Waals surface area contributed by atoms with Gasteiger partial charge in [0, 0.05) is 33.5 Å². The zero-order valence-corrected chi connectivity index (χ0v) is 21.0. The number of aryl methyl sites for hydroxylation is 2. The van der Waals surface area contributed by atoms with Crippen LogP contribution in [0.1, 0.15) is 76.7 Å². The van der Waals surface area contributed by atoms with Crippen LogP contribution in [0.5, 0.6) is 0 Å². The van der Waals surface area contributed by atoms with Crippen molar-refractivity contribution in [2.75, 3.05) is 0 Å². The summed E-state index contributed by atoms with van der Waals surface area (Å²) in [5.74, 6) is 2.18. The average molecular weight is 490 g/mol. The first kappa shape index (κ1) is 21.7. The van der Waals surface area contributed by atoms with Crippen LogP contribution in [0, 0.1) is 31.6 Å². The monoisotopic (exact) mass is 489 g/mol. The molecule has 5 aliphatic rings. The van der Waals surface area contributed by atoms with Crippen molar-refractivity contribution in [3.8, 4) is 17.2 Å². The molecule has 5 saturated carbocycles. The lowest BCUT2D eigenvalue weighted by atomic mass is 9.52. The summed E-state index contributed by atoms with van der Waals surface area (Å²) in [5, 5.41) is 18.9. The van der Waals surface area contributed by atoms with Gasteiger partial charge >= 0.3 is 0 Å². The Bertz CT molecular complexity index is 1310. The van der Waals surface area contributed by atoms with E-state index in [4.69, 9.17) is 4.98 Å². The second-order valence-electron chi connectivity index (χ2n) is 11.4. The number of aliphatic hydroxyl groups is 1. The summed E-state index contributed by atoms with van der Waals surface area (Å²) >= 11 is 1.77. The van der Waals surface area contributed by atoms with Crippen LogP contribution in [0.3, 0.4) is 0 Å². The number of nitrogens with one attached hydrogen (secondary N) is 1. The summed E-state index contributed by atoms with van der Waals surface area (Å²) in [5.41, 5.74) is 3.09. The first-order valence-corrected chi connectivity index (χ1v) is 13.7. The predicted molar refractivity (Wildman–Crippen MR) is 134 cm³/mol. The minimum Gasteiger partial charge on any atom is -0.390 e. The van der Waals surface area contributed by atoms with Crippen LogP contribution in [0.4, 0.5) is 0 Å². The first-order valence-electron chi connectivity index (χ1n) is 12.9. The standard InChI is InChI=1S/C27H31N5O2S/c1-14-7-20(15(2)35-14)22-5-6-28-26(30-22)32-24(17-3-4-17)21(13-29-32)25(33)31-23-18-8-16-9-19(23)12-27(34,10-16)11-18/h5-7,13,16-19,23,34H,3-4,8-12H2,1-2H3,(H,31,33)/t16?,18-,19-,23?,27?/m1/s1. The van der Waals surface area contributed by atoms with Crippen molar-refractivity contribution in [3.05, 3.63) is 45.5 Å². The van der Waals surface area contributed by atoms with E-state index < -0.39 is 5.60 Å². The van der Waals surface area contributed by atoms with Crippen molar-refractivity contribution in [1.29, 1.82) is 0 Å². The molecule has 5 aliphatic carbocycles. The van der Waals surface area contributed by atoms with E-state index >= 15 is 0 Å². The molecule has 1 amide bonds. The van der Waals surface area contributed by atoms with Crippen molar-refractivity contribution in [2.45, 2.75) is 76.4 Å². The van der Waals surface area contributed by atoms with Gasteiger partial charge in [0.25, 0.3) is 11.9 Å². The van der Waals surface area contributed by atoms with Gasteiger partial charge in [-0.25, -0.2) is 14.6 Å². The van der Waals surface area contributed by atoms with Crippen molar-refractivity contribution in [2.24, 2.45) is 17.8 Å². The number of hydrogen-bond donors (Lipinski definition) is 2. The van der Waals surface area contributed by atoms with E-state index in [2.05, 4.69) is 35.3 Å². The van der Waals surface area contributed by atoms with Crippen LogP contribution in [0.15, 0.2) is 24.5 Å². The number of hydrogen-bond acceptors (Lipinski definition) is 6. The lowest BCUT2D eigenvalue weighted by molar-refractivity contribution is -0.136. The largest absolute Gasteiger partial charge is 0.390 e. The smallest absolute Gasteiger partial charge is 0.255 e. The van der Waals surface area contributed by atoms with Crippen LogP contribution < -0.4 is 5.32 Å². The average Bonchev–Trinajstić information content (AvgIpc) is 3.45. The van der Waals surface area contributed by atoms with Crippen molar-refractivity contribution < 1.29 is 9.90 Å². The van der Waals surface area contributed by atoms with Crippen LogP contribution >= 0.6 is 11.3 Å². The van der Waals surface area contributed by atoms with Crippen LogP contribution in [0.2, 0.25) is 0 Å². The fraction of sp³-hybridized carbons (Fsp3) is 0.556. The topological polar surface area (TPSA) is 92.9 Å². The van der Waals surface area contributed by atoms with E-state index in [1.165, 1.54) is 9.75 Å². The first-order chi connectivity index (χ1) is 16.9. The molecule has 8 heteroatoms. The molecule has 7 nitrogen and oxygen atoms in total. The fourth-order valence-electron chi connectivity index (χ4n) is 7.37. The SMILES string of the molecule is Cc1cc(-c2ccnc(-n3ncc(C(=O)NC4[C@@H]5CC6C[C@@H]4CC(O)(C6)C5)c3C3CC3)n2)c(C)s1. The molecule has 3 heterocycles. The highest BCUT2D eigenvalue weighted by molar-refractivity contribution is 7.12. The third-order valence-corrected chi connectivity index (χ3v) is 9.67. The molecule has 0 aliphatic heterocycles. The Kier molecular flexibility index (Phi) is 4.77. The van der Waals surface area contributed by atoms with Crippen LogP contribution in [-0.2, 0) is 0 Å². The van der Waals surface area contributed by atoms with E-state index in [1.807, 2.05) is 6.07 Å². The molecule has 0 radical (unpaired) electrons. The molecule has 0 aromatic carbocycles. The Morgan fingerprint density at radius 1 is 1.20 bits per heavy atom. The minimum atomic E-state index is -0.497. The van der Waals surface area contributed by atoms with Gasteiger partial charge in [-0.3, -0.25) is 4.79 Å². The summed E-state index contributed by atoms with van der Waals surface area (Å²) in [6.45, 7) is 4.22. The summed E-state index contributed by atoms with van der Waals surface area (Å²) in [7, 11) is 0. The second-order valence-corrected chi connectivity index (χ2v) is 12.9.